The minimum absolute atomic E-state index is 0.00327. The Kier molecular flexibility index (Phi) is 5.24. The van der Waals surface area contributed by atoms with Crippen molar-refractivity contribution >= 4 is 21.6 Å². The highest BCUT2D eigenvalue weighted by atomic mass is 32.2. The van der Waals surface area contributed by atoms with E-state index < -0.39 is 20.9 Å². The Balaban J connectivity index is 1.77. The molecule has 1 fully saturated rings. The molecule has 0 unspecified atom stereocenters. The third kappa shape index (κ3) is 3.83. The molecule has 2 aromatic rings. The van der Waals surface area contributed by atoms with Crippen LogP contribution in [-0.2, 0) is 17.1 Å². The standard InChI is InChI=1S/C16H19N5O5S/c1-18-11-15(17-12-18)27(25,26)20-8-4-7-19(9-10-20)16(22)13-5-2-3-6-14(13)21(23)24/h2-3,5-6,11-12H,4,7-10H2,1H3. The van der Waals surface area contributed by atoms with Crippen LogP contribution in [0.1, 0.15) is 16.8 Å². The second-order valence-electron chi connectivity index (χ2n) is 6.20. The molecule has 1 aliphatic rings. The van der Waals surface area contributed by atoms with E-state index in [0.717, 1.165) is 0 Å². The zero-order chi connectivity index (χ0) is 19.6. The number of para-hydroxylation sites is 1. The summed E-state index contributed by atoms with van der Waals surface area (Å²) in [7, 11) is -2.06. The Morgan fingerprint density at radius 3 is 2.59 bits per heavy atom. The first-order valence-electron chi connectivity index (χ1n) is 8.31. The molecule has 2 heterocycles. The SMILES string of the molecule is Cn1cnc(S(=O)(=O)N2CCCN(C(=O)c3ccccc3[N+](=O)[O-])CC2)c1. The van der Waals surface area contributed by atoms with Crippen LogP contribution >= 0.6 is 0 Å². The fraction of sp³-hybridized carbons (Fsp3) is 0.375. The summed E-state index contributed by atoms with van der Waals surface area (Å²) < 4.78 is 28.2. The molecule has 0 bridgehead atoms. The quantitative estimate of drug-likeness (QED) is 0.562. The number of nitrogens with zero attached hydrogens (tertiary/aromatic N) is 5. The summed E-state index contributed by atoms with van der Waals surface area (Å²) in [4.78, 5) is 28.7. The van der Waals surface area contributed by atoms with E-state index in [1.165, 1.54) is 39.9 Å². The van der Waals surface area contributed by atoms with Crippen LogP contribution in [-0.4, -0.2) is 64.2 Å². The van der Waals surface area contributed by atoms with Gasteiger partial charge in [-0.25, -0.2) is 13.4 Å². The first-order chi connectivity index (χ1) is 12.8. The van der Waals surface area contributed by atoms with E-state index in [2.05, 4.69) is 4.98 Å². The van der Waals surface area contributed by atoms with E-state index in [1.54, 1.807) is 17.7 Å². The first kappa shape index (κ1) is 19.0. The number of carbonyl (C=O) groups excluding carboxylic acids is 1. The molecule has 0 N–H and O–H groups in total. The number of nitro groups is 1. The van der Waals surface area contributed by atoms with Crippen LogP contribution in [0.4, 0.5) is 5.69 Å². The summed E-state index contributed by atoms with van der Waals surface area (Å²) in [6.07, 6.45) is 3.27. The van der Waals surface area contributed by atoms with Crippen LogP contribution in [0.25, 0.3) is 0 Å². The number of aromatic nitrogens is 2. The molecule has 0 atom stereocenters. The molecular formula is C16H19N5O5S. The van der Waals surface area contributed by atoms with Gasteiger partial charge >= 0.3 is 0 Å². The van der Waals surface area contributed by atoms with Gasteiger partial charge < -0.3 is 9.47 Å². The lowest BCUT2D eigenvalue weighted by molar-refractivity contribution is -0.385. The average Bonchev–Trinajstić information content (AvgIpc) is 2.93. The predicted octanol–water partition coefficient (Wildman–Crippen LogP) is 0.865. The van der Waals surface area contributed by atoms with Gasteiger partial charge in [-0.15, -0.1) is 0 Å². The van der Waals surface area contributed by atoms with Gasteiger partial charge in [-0.05, 0) is 12.5 Å². The van der Waals surface area contributed by atoms with Gasteiger partial charge in [-0.2, -0.15) is 4.31 Å². The van der Waals surface area contributed by atoms with E-state index in [9.17, 15) is 23.3 Å². The third-order valence-corrected chi connectivity index (χ3v) is 6.14. The highest BCUT2D eigenvalue weighted by molar-refractivity contribution is 7.89. The lowest BCUT2D eigenvalue weighted by Crippen LogP contribution is -2.37. The summed E-state index contributed by atoms with van der Waals surface area (Å²) in [5.41, 5.74) is -0.256. The maximum Gasteiger partial charge on any atom is 0.282 e. The van der Waals surface area contributed by atoms with Gasteiger partial charge in [-0.3, -0.25) is 14.9 Å². The molecule has 0 radical (unpaired) electrons. The van der Waals surface area contributed by atoms with Gasteiger partial charge in [0.15, 0.2) is 5.03 Å². The van der Waals surface area contributed by atoms with Crippen molar-refractivity contribution in [3.8, 4) is 0 Å². The zero-order valence-electron chi connectivity index (χ0n) is 14.7. The number of hydrogen-bond acceptors (Lipinski definition) is 6. The van der Waals surface area contributed by atoms with Crippen molar-refractivity contribution in [2.24, 2.45) is 7.05 Å². The fourth-order valence-corrected chi connectivity index (χ4v) is 4.41. The number of sulfonamides is 1. The molecule has 11 heteroatoms. The van der Waals surface area contributed by atoms with Crippen LogP contribution in [0.15, 0.2) is 41.8 Å². The molecule has 10 nitrogen and oxygen atoms in total. The highest BCUT2D eigenvalue weighted by Crippen LogP contribution is 2.21. The van der Waals surface area contributed by atoms with Gasteiger partial charge in [0, 0.05) is 45.5 Å². The summed E-state index contributed by atoms with van der Waals surface area (Å²) in [6.45, 7) is 0.820. The number of amides is 1. The van der Waals surface area contributed by atoms with Crippen molar-refractivity contribution in [1.82, 2.24) is 18.8 Å². The van der Waals surface area contributed by atoms with E-state index in [4.69, 9.17) is 0 Å². The van der Waals surface area contributed by atoms with E-state index in [1.807, 2.05) is 0 Å². The Hall–Kier alpha value is -2.79. The summed E-state index contributed by atoms with van der Waals surface area (Å²) in [6, 6.07) is 5.76. The molecule has 1 aromatic heterocycles. The summed E-state index contributed by atoms with van der Waals surface area (Å²) in [5, 5.41) is 11.1. The van der Waals surface area contributed by atoms with Crippen LogP contribution in [0.5, 0.6) is 0 Å². The first-order valence-corrected chi connectivity index (χ1v) is 9.75. The molecular weight excluding hydrogens is 374 g/mol. The molecule has 1 amide bonds. The van der Waals surface area contributed by atoms with E-state index in [0.29, 0.717) is 13.0 Å². The van der Waals surface area contributed by atoms with Gasteiger partial charge in [0.25, 0.3) is 21.6 Å². The molecule has 144 valence electrons. The molecule has 0 spiro atoms. The van der Waals surface area contributed by atoms with Crippen molar-refractivity contribution < 1.29 is 18.1 Å². The van der Waals surface area contributed by atoms with Crippen molar-refractivity contribution in [3.05, 3.63) is 52.5 Å². The molecule has 0 aliphatic carbocycles. The van der Waals surface area contributed by atoms with Crippen LogP contribution in [0.2, 0.25) is 0 Å². The molecule has 0 saturated carbocycles. The second-order valence-corrected chi connectivity index (χ2v) is 8.09. The van der Waals surface area contributed by atoms with Crippen molar-refractivity contribution in [3.63, 3.8) is 0 Å². The van der Waals surface area contributed by atoms with Gasteiger partial charge in [0.1, 0.15) is 5.56 Å². The Labute approximate surface area is 156 Å². The van der Waals surface area contributed by atoms with Crippen LogP contribution < -0.4 is 0 Å². The number of aryl methyl sites for hydroxylation is 1. The number of carbonyl (C=O) groups is 1. The van der Waals surface area contributed by atoms with E-state index >= 15 is 0 Å². The normalized spacial score (nSPS) is 16.1. The Morgan fingerprint density at radius 2 is 1.93 bits per heavy atom. The van der Waals surface area contributed by atoms with Gasteiger partial charge in [0.2, 0.25) is 0 Å². The molecule has 27 heavy (non-hydrogen) atoms. The molecule has 3 rings (SSSR count). The van der Waals surface area contributed by atoms with Crippen molar-refractivity contribution in [2.75, 3.05) is 26.2 Å². The number of hydrogen-bond donors (Lipinski definition) is 0. The number of imidazole rings is 1. The van der Waals surface area contributed by atoms with Gasteiger partial charge in [-0.1, -0.05) is 12.1 Å². The predicted molar refractivity (Wildman–Crippen MR) is 95.6 cm³/mol. The minimum atomic E-state index is -3.74. The maximum atomic E-state index is 12.7. The topological polar surface area (TPSA) is 119 Å². The summed E-state index contributed by atoms with van der Waals surface area (Å²) in [5.74, 6) is -0.473. The average molecular weight is 393 g/mol. The Morgan fingerprint density at radius 1 is 1.19 bits per heavy atom. The van der Waals surface area contributed by atoms with Gasteiger partial charge in [0.05, 0.1) is 11.3 Å². The number of rotatable bonds is 4. The van der Waals surface area contributed by atoms with Crippen LogP contribution in [0.3, 0.4) is 0 Å². The van der Waals surface area contributed by atoms with Crippen LogP contribution in [0, 0.1) is 10.1 Å². The fourth-order valence-electron chi connectivity index (χ4n) is 2.98. The lowest BCUT2D eigenvalue weighted by atomic mass is 10.1. The smallest absolute Gasteiger partial charge is 0.282 e. The monoisotopic (exact) mass is 393 g/mol. The molecule has 1 aromatic carbocycles. The largest absolute Gasteiger partial charge is 0.339 e. The minimum Gasteiger partial charge on any atom is -0.339 e. The van der Waals surface area contributed by atoms with E-state index in [-0.39, 0.29) is 35.9 Å². The number of nitro benzene ring substituents is 1. The highest BCUT2D eigenvalue weighted by Gasteiger charge is 2.31. The van der Waals surface area contributed by atoms with Crippen molar-refractivity contribution in [2.45, 2.75) is 11.4 Å². The number of benzene rings is 1. The lowest BCUT2D eigenvalue weighted by Gasteiger charge is -2.21. The molecule has 1 saturated heterocycles. The van der Waals surface area contributed by atoms with Crippen molar-refractivity contribution in [1.29, 1.82) is 0 Å². The third-order valence-electron chi connectivity index (χ3n) is 4.36. The Bertz CT molecular complexity index is 971. The second kappa shape index (κ2) is 7.45. The molecule has 1 aliphatic heterocycles. The maximum absolute atomic E-state index is 12.7. The zero-order valence-corrected chi connectivity index (χ0v) is 15.5. The summed E-state index contributed by atoms with van der Waals surface area (Å²) >= 11 is 0.